The summed E-state index contributed by atoms with van der Waals surface area (Å²) in [6.45, 7) is 2.04. The third-order valence-corrected chi connectivity index (χ3v) is 5.94. The summed E-state index contributed by atoms with van der Waals surface area (Å²) in [4.78, 5) is 0. The lowest BCUT2D eigenvalue weighted by molar-refractivity contribution is -0.200. The van der Waals surface area contributed by atoms with E-state index >= 15 is 0 Å². The maximum Gasteiger partial charge on any atom is 0.132 e. The van der Waals surface area contributed by atoms with E-state index in [4.69, 9.17) is 16.3 Å². The van der Waals surface area contributed by atoms with Gasteiger partial charge in [0.25, 0.3) is 0 Å². The van der Waals surface area contributed by atoms with E-state index in [2.05, 4.69) is 24.3 Å². The lowest BCUT2D eigenvalue weighted by atomic mass is 9.92. The molecular weight excluding hydrogens is 372 g/mol. The topological polar surface area (TPSA) is 69.9 Å². The van der Waals surface area contributed by atoms with E-state index in [9.17, 15) is 15.3 Å². The minimum Gasteiger partial charge on any atom is -0.387 e. The fourth-order valence-electron chi connectivity index (χ4n) is 3.15. The molecule has 0 saturated carbocycles. The van der Waals surface area contributed by atoms with Crippen LogP contribution in [0.2, 0.25) is 5.02 Å². The number of benzene rings is 2. The summed E-state index contributed by atoms with van der Waals surface area (Å²) in [5.41, 5.74) is 3.38. The fourth-order valence-corrected chi connectivity index (χ4v) is 4.01. The maximum absolute atomic E-state index is 10.4. The zero-order chi connectivity index (χ0) is 18.8. The van der Waals surface area contributed by atoms with Crippen molar-refractivity contribution in [3.8, 4) is 0 Å². The van der Waals surface area contributed by atoms with Crippen molar-refractivity contribution in [3.63, 3.8) is 0 Å². The molecule has 1 aliphatic rings. The van der Waals surface area contributed by atoms with E-state index in [0.717, 1.165) is 16.7 Å². The van der Waals surface area contributed by atoms with Crippen LogP contribution in [-0.4, -0.2) is 45.3 Å². The number of rotatable bonds is 4. The molecule has 0 aliphatic carbocycles. The van der Waals surface area contributed by atoms with Gasteiger partial charge in [-0.1, -0.05) is 53.6 Å². The summed E-state index contributed by atoms with van der Waals surface area (Å²) in [6.07, 6.45) is -1.87. The molecule has 3 rings (SSSR count). The SMILES string of the molecule is CSC1OC(c2ccc(Cl)c(Cc3ccc(C)cc3)c2)[C@H](O)C(O)[C@@H]1O. The van der Waals surface area contributed by atoms with Crippen LogP contribution in [-0.2, 0) is 11.2 Å². The average molecular weight is 395 g/mol. The van der Waals surface area contributed by atoms with Crippen LogP contribution in [0.5, 0.6) is 0 Å². The summed E-state index contributed by atoms with van der Waals surface area (Å²) in [5, 5.41) is 31.2. The zero-order valence-electron chi connectivity index (χ0n) is 14.7. The van der Waals surface area contributed by atoms with Crippen LogP contribution in [0.1, 0.15) is 28.4 Å². The summed E-state index contributed by atoms with van der Waals surface area (Å²) in [7, 11) is 0. The predicted molar refractivity (Wildman–Crippen MR) is 105 cm³/mol. The molecule has 1 aliphatic heterocycles. The first-order valence-electron chi connectivity index (χ1n) is 8.47. The van der Waals surface area contributed by atoms with Gasteiger partial charge in [0.1, 0.15) is 29.9 Å². The fraction of sp³-hybridized carbons (Fsp3) is 0.400. The van der Waals surface area contributed by atoms with Crippen molar-refractivity contribution in [1.29, 1.82) is 0 Å². The molecular formula is C20H23ClO4S. The molecule has 0 bridgehead atoms. The number of aryl methyl sites for hydroxylation is 1. The van der Waals surface area contributed by atoms with Gasteiger partial charge in [-0.25, -0.2) is 0 Å². The largest absolute Gasteiger partial charge is 0.387 e. The van der Waals surface area contributed by atoms with E-state index in [1.807, 2.05) is 13.0 Å². The number of halogens is 1. The zero-order valence-corrected chi connectivity index (χ0v) is 16.2. The Hall–Kier alpha value is -1.08. The van der Waals surface area contributed by atoms with Crippen LogP contribution in [0.15, 0.2) is 42.5 Å². The molecule has 1 saturated heterocycles. The molecule has 5 atom stereocenters. The highest BCUT2D eigenvalue weighted by atomic mass is 35.5. The molecule has 0 aromatic heterocycles. The Morgan fingerprint density at radius 2 is 1.69 bits per heavy atom. The van der Waals surface area contributed by atoms with Gasteiger partial charge in [0.15, 0.2) is 0 Å². The number of thioether (sulfide) groups is 1. The molecule has 2 aromatic rings. The van der Waals surface area contributed by atoms with Crippen molar-refractivity contribution in [2.75, 3.05) is 6.26 Å². The molecule has 140 valence electrons. The average Bonchev–Trinajstić information content (AvgIpc) is 2.64. The molecule has 2 aromatic carbocycles. The normalized spacial score (nSPS) is 28.9. The molecule has 6 heteroatoms. The van der Waals surface area contributed by atoms with Crippen molar-refractivity contribution in [1.82, 2.24) is 0 Å². The van der Waals surface area contributed by atoms with Gasteiger partial charge in [0.2, 0.25) is 0 Å². The van der Waals surface area contributed by atoms with Gasteiger partial charge in [-0.15, -0.1) is 11.8 Å². The van der Waals surface area contributed by atoms with Crippen molar-refractivity contribution in [3.05, 3.63) is 69.7 Å². The third-order valence-electron chi connectivity index (χ3n) is 4.72. The van der Waals surface area contributed by atoms with E-state index in [0.29, 0.717) is 11.4 Å². The van der Waals surface area contributed by atoms with E-state index in [1.165, 1.54) is 17.3 Å². The lowest BCUT2D eigenvalue weighted by Crippen LogP contribution is -2.52. The first-order chi connectivity index (χ1) is 12.4. The Morgan fingerprint density at radius 1 is 1.00 bits per heavy atom. The van der Waals surface area contributed by atoms with Crippen LogP contribution in [0.25, 0.3) is 0 Å². The number of ether oxygens (including phenoxy) is 1. The number of hydrogen-bond acceptors (Lipinski definition) is 5. The molecule has 1 heterocycles. The second-order valence-corrected chi connectivity index (χ2v) is 7.99. The van der Waals surface area contributed by atoms with E-state index < -0.39 is 29.9 Å². The molecule has 26 heavy (non-hydrogen) atoms. The van der Waals surface area contributed by atoms with Crippen LogP contribution in [0, 0.1) is 6.92 Å². The van der Waals surface area contributed by atoms with Gasteiger partial charge in [0.05, 0.1) is 0 Å². The summed E-state index contributed by atoms with van der Waals surface area (Å²) in [6, 6.07) is 13.7. The standard InChI is InChI=1S/C20H23ClO4S/c1-11-3-5-12(6-4-11)9-14-10-13(7-8-15(14)21)19-17(23)16(22)18(24)20(25-19)26-2/h3-8,10,16-20,22-24H,9H2,1-2H3/t16?,17-,18+,19?,20?/m1/s1. The molecule has 3 unspecified atom stereocenters. The molecule has 0 radical (unpaired) electrons. The smallest absolute Gasteiger partial charge is 0.132 e. The van der Waals surface area contributed by atoms with Gasteiger partial charge in [0, 0.05) is 5.02 Å². The Labute approximate surface area is 162 Å². The second-order valence-electron chi connectivity index (χ2n) is 6.65. The van der Waals surface area contributed by atoms with Crippen LogP contribution in [0.3, 0.4) is 0 Å². The third kappa shape index (κ3) is 4.09. The molecule has 1 fully saturated rings. The first-order valence-corrected chi connectivity index (χ1v) is 10.1. The van der Waals surface area contributed by atoms with Crippen LogP contribution >= 0.6 is 23.4 Å². The van der Waals surface area contributed by atoms with Gasteiger partial charge >= 0.3 is 0 Å². The van der Waals surface area contributed by atoms with Crippen LogP contribution < -0.4 is 0 Å². The highest BCUT2D eigenvalue weighted by Crippen LogP contribution is 2.37. The van der Waals surface area contributed by atoms with E-state index in [-0.39, 0.29) is 0 Å². The lowest BCUT2D eigenvalue weighted by Gasteiger charge is -2.40. The predicted octanol–water partition coefficient (Wildman–Crippen LogP) is 3.08. The Bertz CT molecular complexity index is 750. The van der Waals surface area contributed by atoms with Crippen molar-refractivity contribution in [2.24, 2.45) is 0 Å². The van der Waals surface area contributed by atoms with Crippen LogP contribution in [0.4, 0.5) is 0 Å². The Kier molecular flexibility index (Phi) is 6.28. The first kappa shape index (κ1) is 19.7. The van der Waals surface area contributed by atoms with Gasteiger partial charge < -0.3 is 20.1 Å². The Morgan fingerprint density at radius 3 is 2.35 bits per heavy atom. The number of aliphatic hydroxyl groups is 3. The minimum atomic E-state index is -1.26. The molecule has 0 amide bonds. The van der Waals surface area contributed by atoms with Crippen molar-refractivity contribution in [2.45, 2.75) is 43.2 Å². The summed E-state index contributed by atoms with van der Waals surface area (Å²) < 4.78 is 5.84. The van der Waals surface area contributed by atoms with Crippen molar-refractivity contribution >= 4 is 23.4 Å². The highest BCUT2D eigenvalue weighted by molar-refractivity contribution is 7.99. The summed E-state index contributed by atoms with van der Waals surface area (Å²) in [5.74, 6) is 0. The highest BCUT2D eigenvalue weighted by Gasteiger charge is 2.44. The second kappa shape index (κ2) is 8.30. The maximum atomic E-state index is 10.4. The Balaban J connectivity index is 1.87. The molecule has 4 nitrogen and oxygen atoms in total. The summed E-state index contributed by atoms with van der Waals surface area (Å²) >= 11 is 7.66. The molecule has 0 spiro atoms. The van der Waals surface area contributed by atoms with Gasteiger partial charge in [-0.05, 0) is 42.4 Å². The minimum absolute atomic E-state index is 0.602. The number of aliphatic hydroxyl groups excluding tert-OH is 3. The van der Waals surface area contributed by atoms with Gasteiger partial charge in [-0.2, -0.15) is 0 Å². The monoisotopic (exact) mass is 394 g/mol. The van der Waals surface area contributed by atoms with E-state index in [1.54, 1.807) is 18.4 Å². The van der Waals surface area contributed by atoms with Gasteiger partial charge in [-0.3, -0.25) is 0 Å². The quantitative estimate of drug-likeness (QED) is 0.743. The van der Waals surface area contributed by atoms with Crippen molar-refractivity contribution < 1.29 is 20.1 Å². The number of hydrogen-bond donors (Lipinski definition) is 3. The molecule has 3 N–H and O–H groups in total.